The van der Waals surface area contributed by atoms with Crippen LogP contribution in [0.15, 0.2) is 93.9 Å². The van der Waals surface area contributed by atoms with Gasteiger partial charge < -0.3 is 24.3 Å². The smallest absolute Gasteiger partial charge is 0.344 e. The number of carbonyl (C=O) groups is 2. The third-order valence-electron chi connectivity index (χ3n) is 6.87. The summed E-state index contributed by atoms with van der Waals surface area (Å²) >= 11 is 1.23. The Labute approximate surface area is 257 Å². The fraction of sp³-hybridized carbons (Fsp3) is 0.212. The normalized spacial score (nSPS) is 14.4. The Morgan fingerprint density at radius 2 is 1.75 bits per heavy atom. The molecule has 10 nitrogen and oxygen atoms in total. The highest BCUT2D eigenvalue weighted by Gasteiger charge is 2.32. The van der Waals surface area contributed by atoms with E-state index in [1.165, 1.54) is 18.4 Å². The molecule has 0 bridgehead atoms. The number of thiazole rings is 1. The zero-order valence-electron chi connectivity index (χ0n) is 24.7. The van der Waals surface area contributed by atoms with E-state index < -0.39 is 12.0 Å². The number of esters is 1. The van der Waals surface area contributed by atoms with Gasteiger partial charge in [-0.3, -0.25) is 14.2 Å². The summed E-state index contributed by atoms with van der Waals surface area (Å²) in [6.07, 6.45) is 1.73. The van der Waals surface area contributed by atoms with E-state index in [2.05, 4.69) is 5.32 Å². The average Bonchev–Trinajstić information content (AvgIpc) is 3.33. The van der Waals surface area contributed by atoms with Crippen LogP contribution < -0.4 is 34.4 Å². The first-order valence-corrected chi connectivity index (χ1v) is 14.6. The topological polar surface area (TPSA) is 117 Å². The van der Waals surface area contributed by atoms with Gasteiger partial charge in [0.15, 0.2) is 22.9 Å². The number of para-hydroxylation sites is 1. The number of ether oxygens (including phenoxy) is 4. The molecular formula is C33H31N3O7S. The maximum atomic E-state index is 14.0. The van der Waals surface area contributed by atoms with E-state index in [1.54, 1.807) is 74.1 Å². The lowest BCUT2D eigenvalue weighted by Gasteiger charge is -2.25. The van der Waals surface area contributed by atoms with Crippen molar-refractivity contribution in [3.8, 4) is 17.2 Å². The van der Waals surface area contributed by atoms with Crippen molar-refractivity contribution in [2.45, 2.75) is 19.9 Å². The fourth-order valence-electron chi connectivity index (χ4n) is 4.82. The first-order chi connectivity index (χ1) is 21.3. The van der Waals surface area contributed by atoms with Gasteiger partial charge in [-0.2, -0.15) is 0 Å². The van der Waals surface area contributed by atoms with Crippen LogP contribution in [0.1, 0.15) is 31.0 Å². The number of nitrogens with one attached hydrogen (secondary N) is 1. The van der Waals surface area contributed by atoms with Crippen molar-refractivity contribution in [3.63, 3.8) is 0 Å². The molecule has 2 heterocycles. The molecule has 1 aromatic heterocycles. The number of allylic oxidation sites excluding steroid dienone is 1. The number of anilines is 1. The Kier molecular flexibility index (Phi) is 9.25. The Balaban J connectivity index is 1.56. The molecule has 4 aromatic rings. The molecule has 1 N–H and O–H groups in total. The monoisotopic (exact) mass is 613 g/mol. The Morgan fingerprint density at radius 1 is 1.00 bits per heavy atom. The number of hydrogen-bond donors (Lipinski definition) is 1. The summed E-state index contributed by atoms with van der Waals surface area (Å²) in [5.41, 5.74) is 2.62. The molecule has 0 radical (unpaired) electrons. The minimum Gasteiger partial charge on any atom is -0.497 e. The predicted octanol–water partition coefficient (Wildman–Crippen LogP) is 3.83. The van der Waals surface area contributed by atoms with Crippen molar-refractivity contribution in [3.05, 3.63) is 115 Å². The minimum atomic E-state index is -0.726. The van der Waals surface area contributed by atoms with Crippen LogP contribution >= 0.6 is 11.3 Å². The summed E-state index contributed by atoms with van der Waals surface area (Å²) in [7, 11) is 3.07. The minimum absolute atomic E-state index is 0.257. The van der Waals surface area contributed by atoms with Crippen molar-refractivity contribution in [2.24, 2.45) is 4.99 Å². The van der Waals surface area contributed by atoms with Crippen molar-refractivity contribution < 1.29 is 28.5 Å². The molecule has 44 heavy (non-hydrogen) atoms. The van der Waals surface area contributed by atoms with E-state index in [0.717, 1.165) is 5.56 Å². The summed E-state index contributed by atoms with van der Waals surface area (Å²) in [6.45, 7) is 3.49. The number of methoxy groups -OCH3 is 2. The summed E-state index contributed by atoms with van der Waals surface area (Å²) in [5.74, 6) is 0.570. The van der Waals surface area contributed by atoms with Crippen molar-refractivity contribution in [2.75, 3.05) is 32.8 Å². The number of nitrogens with zero attached hydrogens (tertiary/aromatic N) is 2. The van der Waals surface area contributed by atoms with Crippen molar-refractivity contribution in [1.29, 1.82) is 0 Å². The van der Waals surface area contributed by atoms with E-state index in [1.807, 2.05) is 30.3 Å². The Hall–Kier alpha value is -5.16. The van der Waals surface area contributed by atoms with E-state index in [-0.39, 0.29) is 24.7 Å². The lowest BCUT2D eigenvalue weighted by molar-refractivity contribution is -0.145. The number of rotatable bonds is 10. The zero-order chi connectivity index (χ0) is 31.2. The molecule has 1 atom stereocenters. The van der Waals surface area contributed by atoms with Gasteiger partial charge in [0.2, 0.25) is 0 Å². The summed E-state index contributed by atoms with van der Waals surface area (Å²) in [4.78, 5) is 44.6. The quantitative estimate of drug-likeness (QED) is 0.270. The molecule has 0 unspecified atom stereocenters. The van der Waals surface area contributed by atoms with E-state index >= 15 is 0 Å². The van der Waals surface area contributed by atoms with Crippen LogP contribution in [0.3, 0.4) is 0 Å². The van der Waals surface area contributed by atoms with Crippen LogP contribution in [0.5, 0.6) is 17.2 Å². The maximum absolute atomic E-state index is 14.0. The van der Waals surface area contributed by atoms with Gasteiger partial charge in [-0.15, -0.1) is 0 Å². The molecule has 0 aliphatic carbocycles. The highest BCUT2D eigenvalue weighted by atomic mass is 32.1. The van der Waals surface area contributed by atoms with Crippen LogP contribution in [0, 0.1) is 0 Å². The number of aromatic nitrogens is 1. The first kappa shape index (κ1) is 30.3. The van der Waals surface area contributed by atoms with Gasteiger partial charge in [-0.25, -0.2) is 9.79 Å². The Bertz CT molecular complexity index is 1890. The second-order valence-electron chi connectivity index (χ2n) is 9.68. The Morgan fingerprint density at radius 3 is 2.43 bits per heavy atom. The van der Waals surface area contributed by atoms with Crippen LogP contribution in [-0.4, -0.2) is 43.9 Å². The van der Waals surface area contributed by atoms with Gasteiger partial charge in [-0.05, 0) is 67.4 Å². The number of benzene rings is 3. The number of amides is 1. The predicted molar refractivity (Wildman–Crippen MR) is 167 cm³/mol. The van der Waals surface area contributed by atoms with E-state index in [9.17, 15) is 14.4 Å². The summed E-state index contributed by atoms with van der Waals surface area (Å²) in [6, 6.07) is 20.8. The van der Waals surface area contributed by atoms with Gasteiger partial charge in [0, 0.05) is 5.69 Å². The lowest BCUT2D eigenvalue weighted by atomic mass is 9.95. The maximum Gasteiger partial charge on any atom is 0.344 e. The summed E-state index contributed by atoms with van der Waals surface area (Å²) in [5, 5.41) is 2.95. The van der Waals surface area contributed by atoms with E-state index in [0.29, 0.717) is 49.1 Å². The van der Waals surface area contributed by atoms with Crippen LogP contribution in [0.25, 0.3) is 6.08 Å². The van der Waals surface area contributed by atoms with Gasteiger partial charge in [-0.1, -0.05) is 47.7 Å². The SMILES string of the molecule is CCOC(=O)COc1ccc(/C=c2/sc3n(c2=O)[C@H](c2ccc(OC)cc2)C(C(=O)Nc2ccccc2)=C(C)N=3)cc1OC. The third kappa shape index (κ3) is 6.42. The number of hydrogen-bond acceptors (Lipinski definition) is 9. The number of carbonyl (C=O) groups excluding carboxylic acids is 2. The molecular weight excluding hydrogens is 582 g/mol. The zero-order valence-corrected chi connectivity index (χ0v) is 25.5. The van der Waals surface area contributed by atoms with Crippen molar-refractivity contribution in [1.82, 2.24) is 4.57 Å². The van der Waals surface area contributed by atoms with Crippen LogP contribution in [-0.2, 0) is 14.3 Å². The fourth-order valence-corrected chi connectivity index (χ4v) is 5.86. The van der Waals surface area contributed by atoms with Gasteiger partial charge in [0.05, 0.1) is 42.7 Å². The average molecular weight is 614 g/mol. The molecule has 11 heteroatoms. The molecule has 0 saturated heterocycles. The van der Waals surface area contributed by atoms with Crippen LogP contribution in [0.2, 0.25) is 0 Å². The highest BCUT2D eigenvalue weighted by Crippen LogP contribution is 2.32. The molecule has 1 amide bonds. The molecule has 3 aromatic carbocycles. The van der Waals surface area contributed by atoms with Crippen LogP contribution in [0.4, 0.5) is 5.69 Å². The molecule has 1 aliphatic heterocycles. The number of fused-ring (bicyclic) bond motifs is 1. The second-order valence-corrected chi connectivity index (χ2v) is 10.7. The molecule has 0 spiro atoms. The molecule has 1 aliphatic rings. The molecule has 5 rings (SSSR count). The van der Waals surface area contributed by atoms with E-state index in [4.69, 9.17) is 23.9 Å². The largest absolute Gasteiger partial charge is 0.497 e. The lowest BCUT2D eigenvalue weighted by Crippen LogP contribution is -2.40. The third-order valence-corrected chi connectivity index (χ3v) is 7.85. The van der Waals surface area contributed by atoms with Gasteiger partial charge >= 0.3 is 5.97 Å². The van der Waals surface area contributed by atoms with Gasteiger partial charge in [0.1, 0.15) is 5.75 Å². The van der Waals surface area contributed by atoms with Crippen molar-refractivity contribution >= 4 is 35.0 Å². The standard InChI is InChI=1S/C33H31N3O7S/c1-5-42-28(37)19-43-25-16-11-21(17-26(25)41-4)18-27-32(39)36-30(22-12-14-24(40-3)15-13-22)29(20(2)34-33(36)44-27)31(38)35-23-9-7-6-8-10-23/h6-18,30H,5,19H2,1-4H3,(H,35,38)/b27-18+/t30-/m1/s1. The summed E-state index contributed by atoms with van der Waals surface area (Å²) < 4.78 is 23.3. The highest BCUT2D eigenvalue weighted by molar-refractivity contribution is 7.07. The first-order valence-electron chi connectivity index (χ1n) is 13.8. The molecule has 226 valence electrons. The van der Waals surface area contributed by atoms with Gasteiger partial charge in [0.25, 0.3) is 11.5 Å². The second kappa shape index (κ2) is 13.4. The molecule has 0 saturated carbocycles. The molecule has 0 fully saturated rings.